The zero-order chi connectivity index (χ0) is 26.2. The zero-order valence-electron chi connectivity index (χ0n) is 20.5. The van der Waals surface area contributed by atoms with Gasteiger partial charge in [0, 0.05) is 37.2 Å². The molecule has 2 aliphatic heterocycles. The van der Waals surface area contributed by atoms with Gasteiger partial charge in [-0.25, -0.2) is 4.98 Å². The van der Waals surface area contributed by atoms with E-state index in [0.29, 0.717) is 55.2 Å². The maximum Gasteiger partial charge on any atom is 0.333 e. The fourth-order valence-corrected chi connectivity index (χ4v) is 5.67. The predicted octanol–water partition coefficient (Wildman–Crippen LogP) is 3.24. The molecule has 1 saturated carbocycles. The van der Waals surface area contributed by atoms with Crippen molar-refractivity contribution < 1.29 is 27.9 Å². The van der Waals surface area contributed by atoms with E-state index >= 15 is 0 Å². The molecule has 1 aliphatic carbocycles. The Hall–Kier alpha value is -3.41. The van der Waals surface area contributed by atoms with Gasteiger partial charge in [-0.3, -0.25) is 14.4 Å². The summed E-state index contributed by atoms with van der Waals surface area (Å²) in [5, 5.41) is 11.8. The summed E-state index contributed by atoms with van der Waals surface area (Å²) in [5.74, 6) is -0.818. The molecular weight excluding hydrogens is 486 g/mol. The molecule has 3 amide bonds. The third-order valence-electron chi connectivity index (χ3n) is 7.89. The Bertz CT molecular complexity index is 1190. The fraction of sp³-hybridized carbons (Fsp3) is 0.560. The number of rotatable bonds is 6. The molecule has 0 radical (unpaired) electrons. The smallest absolute Gasteiger partial charge is 0.333 e. The molecule has 2 aromatic heterocycles. The van der Waals surface area contributed by atoms with E-state index in [4.69, 9.17) is 4.74 Å². The number of carbonyl (C=O) groups is 3. The first kappa shape index (κ1) is 25.2. The molecule has 5 rings (SSSR count). The van der Waals surface area contributed by atoms with Crippen LogP contribution in [0.1, 0.15) is 68.0 Å². The third kappa shape index (κ3) is 4.81. The van der Waals surface area contributed by atoms with Crippen molar-refractivity contribution >= 4 is 29.2 Å². The number of nitrogens with zero attached hydrogens (tertiary/aromatic N) is 3. The largest absolute Gasteiger partial charge is 0.381 e. The van der Waals surface area contributed by atoms with Crippen molar-refractivity contribution in [3.05, 3.63) is 35.8 Å². The summed E-state index contributed by atoms with van der Waals surface area (Å²) in [4.78, 5) is 43.5. The van der Waals surface area contributed by atoms with Crippen LogP contribution in [0, 0.1) is 11.8 Å². The van der Waals surface area contributed by atoms with E-state index in [9.17, 15) is 23.2 Å². The molecule has 2 aromatic rings. The minimum atomic E-state index is -2.98. The van der Waals surface area contributed by atoms with E-state index < -0.39 is 29.8 Å². The van der Waals surface area contributed by atoms with Crippen molar-refractivity contribution in [2.45, 2.75) is 63.5 Å². The molecule has 1 saturated heterocycles. The zero-order valence-corrected chi connectivity index (χ0v) is 20.5. The first-order valence-corrected chi connectivity index (χ1v) is 12.6. The quantitative estimate of drug-likeness (QED) is 0.541. The summed E-state index contributed by atoms with van der Waals surface area (Å²) in [6, 6.07) is 1.85. The highest BCUT2D eigenvalue weighted by Gasteiger charge is 2.48. The molecule has 3 N–H and O–H groups in total. The molecule has 1 atom stereocenters. The second-order valence-electron chi connectivity index (χ2n) is 10.2. The lowest BCUT2D eigenvalue weighted by Gasteiger charge is -2.32. The van der Waals surface area contributed by atoms with Crippen molar-refractivity contribution in [3.8, 4) is 0 Å². The summed E-state index contributed by atoms with van der Waals surface area (Å²) in [6.07, 6.45) is 7.06. The molecule has 0 unspecified atom stereocenters. The molecule has 3 aliphatic rings. The molecule has 12 heteroatoms. The van der Waals surface area contributed by atoms with Crippen LogP contribution in [0.2, 0.25) is 0 Å². The Morgan fingerprint density at radius 2 is 1.95 bits per heavy atom. The molecule has 37 heavy (non-hydrogen) atoms. The van der Waals surface area contributed by atoms with Gasteiger partial charge in [0.2, 0.25) is 11.8 Å². The summed E-state index contributed by atoms with van der Waals surface area (Å²) >= 11 is 0. The number of anilines is 2. The second-order valence-corrected chi connectivity index (χ2v) is 10.2. The van der Waals surface area contributed by atoms with Crippen molar-refractivity contribution in [2.24, 2.45) is 11.8 Å². The van der Waals surface area contributed by atoms with E-state index in [1.165, 1.54) is 6.07 Å². The Labute approximate surface area is 212 Å². The third-order valence-corrected chi connectivity index (χ3v) is 7.89. The molecule has 0 bridgehead atoms. The van der Waals surface area contributed by atoms with Crippen LogP contribution in [0.4, 0.5) is 20.3 Å². The molecule has 1 spiro atoms. The van der Waals surface area contributed by atoms with Crippen LogP contribution in [0.15, 0.2) is 24.5 Å². The Balaban J connectivity index is 1.36. The topological polar surface area (TPSA) is 127 Å². The van der Waals surface area contributed by atoms with Crippen LogP contribution >= 0.6 is 0 Å². The maximum atomic E-state index is 13.4. The van der Waals surface area contributed by atoms with Gasteiger partial charge < -0.3 is 20.7 Å². The van der Waals surface area contributed by atoms with Crippen LogP contribution in [-0.4, -0.2) is 51.7 Å². The monoisotopic (exact) mass is 516 g/mol. The van der Waals surface area contributed by atoms with Crippen molar-refractivity contribution in [2.75, 3.05) is 23.8 Å². The number of pyridine rings is 1. The highest BCUT2D eigenvalue weighted by atomic mass is 19.3. The summed E-state index contributed by atoms with van der Waals surface area (Å²) < 4.78 is 32.3. The Morgan fingerprint density at radius 1 is 1.22 bits per heavy atom. The van der Waals surface area contributed by atoms with Gasteiger partial charge in [-0.2, -0.15) is 18.6 Å². The minimum Gasteiger partial charge on any atom is -0.381 e. The number of alkyl halides is 2. The highest BCUT2D eigenvalue weighted by molar-refractivity contribution is 6.07. The highest BCUT2D eigenvalue weighted by Crippen LogP contribution is 2.44. The van der Waals surface area contributed by atoms with Gasteiger partial charge >= 0.3 is 6.55 Å². The number of halogens is 2. The molecule has 10 nitrogen and oxygen atoms in total. The Morgan fingerprint density at radius 3 is 2.65 bits per heavy atom. The molecule has 0 aromatic carbocycles. The summed E-state index contributed by atoms with van der Waals surface area (Å²) in [6.45, 7) is 0.122. The normalized spacial score (nSPS) is 23.4. The van der Waals surface area contributed by atoms with E-state index in [0.717, 1.165) is 24.6 Å². The van der Waals surface area contributed by atoms with Gasteiger partial charge in [0.15, 0.2) is 0 Å². The number of carbonyl (C=O) groups excluding carboxylic acids is 3. The van der Waals surface area contributed by atoms with Gasteiger partial charge in [0.05, 0.1) is 11.1 Å². The number of amides is 3. The van der Waals surface area contributed by atoms with Crippen LogP contribution in [-0.2, 0) is 19.7 Å². The van der Waals surface area contributed by atoms with E-state index in [2.05, 4.69) is 33.0 Å². The number of aromatic nitrogens is 3. The van der Waals surface area contributed by atoms with Crippen LogP contribution in [0.5, 0.6) is 0 Å². The number of ether oxygens (including phenoxy) is 1. The molecular formula is C25H30F2N6O4. The fourth-order valence-electron chi connectivity index (χ4n) is 5.67. The average Bonchev–Trinajstić information content (AvgIpc) is 3.47. The van der Waals surface area contributed by atoms with Crippen LogP contribution in [0.25, 0.3) is 0 Å². The Kier molecular flexibility index (Phi) is 6.93. The maximum absolute atomic E-state index is 13.4. The first-order valence-electron chi connectivity index (χ1n) is 12.6. The molecule has 4 heterocycles. The average molecular weight is 517 g/mol. The lowest BCUT2D eigenvalue weighted by atomic mass is 9.76. The standard InChI is InChI=1S/C25H30F2N6O4/c1-14-2-4-15(5-3-14)20(32-21(34)18-6-9-29-33(18)24(26)27)22(35)31-19-12-17-16(13-28-19)25(23(36)30-17)7-10-37-11-8-25/h6,9,12-15,20,24H,2-5,7-8,10-11H2,1H3,(H,30,36)(H,32,34)(H,28,31,35)/t14?,15?,20-/m0/s1. The van der Waals surface area contributed by atoms with Crippen molar-refractivity contribution in [1.82, 2.24) is 20.1 Å². The van der Waals surface area contributed by atoms with Gasteiger partial charge in [0.25, 0.3) is 5.91 Å². The van der Waals surface area contributed by atoms with Crippen LogP contribution in [0.3, 0.4) is 0 Å². The van der Waals surface area contributed by atoms with Gasteiger partial charge in [0.1, 0.15) is 17.6 Å². The molecule has 198 valence electrons. The van der Waals surface area contributed by atoms with Crippen molar-refractivity contribution in [3.63, 3.8) is 0 Å². The van der Waals surface area contributed by atoms with Crippen molar-refractivity contribution in [1.29, 1.82) is 0 Å². The van der Waals surface area contributed by atoms with Crippen LogP contribution < -0.4 is 16.0 Å². The lowest BCUT2D eigenvalue weighted by molar-refractivity contribution is -0.124. The lowest BCUT2D eigenvalue weighted by Crippen LogP contribution is -2.49. The number of hydrogen-bond donors (Lipinski definition) is 3. The SMILES string of the molecule is CC1CCC([C@H](NC(=O)c2ccnn2C(F)F)C(=O)Nc2cc3c(cn2)C2(CCOCC2)C(=O)N3)CC1. The summed E-state index contributed by atoms with van der Waals surface area (Å²) in [5.41, 5.74) is 0.374. The number of hydrogen-bond acceptors (Lipinski definition) is 6. The van der Waals surface area contributed by atoms with Gasteiger partial charge in [-0.15, -0.1) is 0 Å². The summed E-state index contributed by atoms with van der Waals surface area (Å²) in [7, 11) is 0. The van der Waals surface area contributed by atoms with E-state index in [1.54, 1.807) is 12.3 Å². The minimum absolute atomic E-state index is 0.104. The van der Waals surface area contributed by atoms with Gasteiger partial charge in [-0.05, 0) is 43.6 Å². The number of fused-ring (bicyclic) bond motifs is 2. The predicted molar refractivity (Wildman–Crippen MR) is 129 cm³/mol. The number of nitrogens with one attached hydrogen (secondary N) is 3. The first-order chi connectivity index (χ1) is 17.8. The second kappa shape index (κ2) is 10.2. The van der Waals surface area contributed by atoms with Gasteiger partial charge in [-0.1, -0.05) is 19.8 Å². The molecule has 2 fully saturated rings. The van der Waals surface area contributed by atoms with E-state index in [-0.39, 0.29) is 23.3 Å². The van der Waals surface area contributed by atoms with E-state index in [1.807, 2.05) is 0 Å².